The molecule has 0 bridgehead atoms. The van der Waals surface area contributed by atoms with Crippen LogP contribution in [0, 0.1) is 11.3 Å². The number of carbonyl (C=O) groups is 1. The second-order valence-corrected chi connectivity index (χ2v) is 7.28. The van der Waals surface area contributed by atoms with Crippen molar-refractivity contribution in [3.05, 3.63) is 53.1 Å². The molecule has 0 saturated heterocycles. The van der Waals surface area contributed by atoms with Crippen LogP contribution in [0.25, 0.3) is 10.2 Å². The Morgan fingerprint density at radius 3 is 2.96 bits per heavy atom. The topological polar surface area (TPSA) is 65.8 Å². The number of nitriles is 1. The highest BCUT2D eigenvalue weighted by molar-refractivity contribution is 8.01. The predicted molar refractivity (Wildman–Crippen MR) is 95.1 cm³/mol. The third kappa shape index (κ3) is 3.82. The molecule has 1 aromatic heterocycles. The van der Waals surface area contributed by atoms with Crippen LogP contribution >= 0.6 is 34.7 Å². The minimum atomic E-state index is -0.201. The lowest BCUT2D eigenvalue weighted by Gasteiger charge is -2.06. The fraction of sp³-hybridized carbons (Fsp3) is 0.0625. The van der Waals surface area contributed by atoms with Crippen molar-refractivity contribution < 1.29 is 4.79 Å². The van der Waals surface area contributed by atoms with E-state index in [1.807, 2.05) is 30.3 Å². The maximum absolute atomic E-state index is 12.1. The molecule has 0 fully saturated rings. The molecule has 23 heavy (non-hydrogen) atoms. The number of halogens is 1. The Hall–Kier alpha value is -2.07. The van der Waals surface area contributed by atoms with Gasteiger partial charge in [0.15, 0.2) is 4.34 Å². The van der Waals surface area contributed by atoms with E-state index in [0.717, 1.165) is 14.6 Å². The summed E-state index contributed by atoms with van der Waals surface area (Å²) in [5.41, 5.74) is 1.74. The molecule has 0 spiro atoms. The summed E-state index contributed by atoms with van der Waals surface area (Å²) in [6.07, 6.45) is 0. The molecule has 3 aromatic rings. The molecule has 3 rings (SSSR count). The lowest BCUT2D eigenvalue weighted by atomic mass is 10.2. The van der Waals surface area contributed by atoms with E-state index in [4.69, 9.17) is 16.9 Å². The van der Waals surface area contributed by atoms with Crippen LogP contribution in [0.15, 0.2) is 46.8 Å². The Balaban J connectivity index is 1.66. The summed E-state index contributed by atoms with van der Waals surface area (Å²) in [4.78, 5) is 16.5. The molecule has 0 radical (unpaired) electrons. The number of para-hydroxylation sites is 1. The van der Waals surface area contributed by atoms with Gasteiger partial charge in [0.2, 0.25) is 5.91 Å². The molecule has 0 aliphatic carbocycles. The Labute approximate surface area is 146 Å². The van der Waals surface area contributed by atoms with E-state index in [2.05, 4.69) is 10.3 Å². The van der Waals surface area contributed by atoms with Crippen LogP contribution in [0.2, 0.25) is 5.02 Å². The van der Waals surface area contributed by atoms with Crippen molar-refractivity contribution >= 4 is 56.5 Å². The monoisotopic (exact) mass is 359 g/mol. The molecule has 114 valence electrons. The van der Waals surface area contributed by atoms with Gasteiger partial charge >= 0.3 is 0 Å². The number of fused-ring (bicyclic) bond motifs is 1. The van der Waals surface area contributed by atoms with Crippen molar-refractivity contribution in [3.8, 4) is 6.07 Å². The van der Waals surface area contributed by atoms with E-state index < -0.39 is 0 Å². The van der Waals surface area contributed by atoms with Gasteiger partial charge in [0.25, 0.3) is 0 Å². The van der Waals surface area contributed by atoms with E-state index in [0.29, 0.717) is 16.3 Å². The molecule has 1 N–H and O–H groups in total. The maximum Gasteiger partial charge on any atom is 0.234 e. The summed E-state index contributed by atoms with van der Waals surface area (Å²) in [5.74, 6) is 0.0185. The highest BCUT2D eigenvalue weighted by Gasteiger charge is 2.10. The maximum atomic E-state index is 12.1. The van der Waals surface area contributed by atoms with Crippen LogP contribution in [-0.2, 0) is 4.79 Å². The van der Waals surface area contributed by atoms with Crippen molar-refractivity contribution in [3.63, 3.8) is 0 Å². The number of thiazole rings is 1. The standard InChI is InChI=1S/C16H10ClN3OS2/c17-11-6-5-10(8-18)13(7-11)19-15(21)9-22-16-20-12-3-1-2-4-14(12)23-16/h1-7H,9H2,(H,19,21). The summed E-state index contributed by atoms with van der Waals surface area (Å²) in [5, 5.41) is 12.2. The minimum Gasteiger partial charge on any atom is -0.324 e. The number of nitrogens with zero attached hydrogens (tertiary/aromatic N) is 2. The Morgan fingerprint density at radius 1 is 1.35 bits per heavy atom. The first-order chi connectivity index (χ1) is 11.2. The van der Waals surface area contributed by atoms with Crippen LogP contribution in [0.3, 0.4) is 0 Å². The van der Waals surface area contributed by atoms with Gasteiger partial charge in [-0.1, -0.05) is 35.5 Å². The Bertz CT molecular complexity index is 884. The van der Waals surface area contributed by atoms with Gasteiger partial charge in [-0.15, -0.1) is 11.3 Å². The molecule has 0 atom stereocenters. The largest absolute Gasteiger partial charge is 0.324 e. The number of carbonyl (C=O) groups excluding carboxylic acids is 1. The molecule has 7 heteroatoms. The number of thioether (sulfide) groups is 1. The highest BCUT2D eigenvalue weighted by Crippen LogP contribution is 2.29. The lowest BCUT2D eigenvalue weighted by molar-refractivity contribution is -0.113. The van der Waals surface area contributed by atoms with E-state index >= 15 is 0 Å². The van der Waals surface area contributed by atoms with Crippen molar-refractivity contribution in [1.82, 2.24) is 4.98 Å². The average Bonchev–Trinajstić information content (AvgIpc) is 2.96. The van der Waals surface area contributed by atoms with Crippen molar-refractivity contribution in [2.24, 2.45) is 0 Å². The molecular weight excluding hydrogens is 350 g/mol. The zero-order chi connectivity index (χ0) is 16.2. The van der Waals surface area contributed by atoms with Gasteiger partial charge in [0.05, 0.1) is 27.2 Å². The molecule has 0 unspecified atom stereocenters. The first-order valence-corrected chi connectivity index (χ1v) is 8.81. The predicted octanol–water partition coefficient (Wildman–Crippen LogP) is 4.55. The third-order valence-corrected chi connectivity index (χ3v) is 5.39. The van der Waals surface area contributed by atoms with E-state index in [1.165, 1.54) is 11.8 Å². The first-order valence-electron chi connectivity index (χ1n) is 6.63. The average molecular weight is 360 g/mol. The SMILES string of the molecule is N#Cc1ccc(Cl)cc1NC(=O)CSc1nc2ccccc2s1. The Morgan fingerprint density at radius 2 is 2.17 bits per heavy atom. The van der Waals surface area contributed by atoms with E-state index in [9.17, 15) is 4.79 Å². The van der Waals surface area contributed by atoms with Crippen LogP contribution in [-0.4, -0.2) is 16.6 Å². The minimum absolute atomic E-state index is 0.201. The summed E-state index contributed by atoms with van der Waals surface area (Å²) in [6.45, 7) is 0. The number of nitrogens with one attached hydrogen (secondary N) is 1. The summed E-state index contributed by atoms with van der Waals surface area (Å²) >= 11 is 8.83. The van der Waals surface area contributed by atoms with E-state index in [1.54, 1.807) is 29.5 Å². The lowest BCUT2D eigenvalue weighted by Crippen LogP contribution is -2.14. The summed E-state index contributed by atoms with van der Waals surface area (Å²) < 4.78 is 1.94. The normalized spacial score (nSPS) is 10.4. The zero-order valence-corrected chi connectivity index (χ0v) is 14.1. The quantitative estimate of drug-likeness (QED) is 0.694. The molecular formula is C16H10ClN3OS2. The molecule has 0 saturated carbocycles. The number of hydrogen-bond donors (Lipinski definition) is 1. The molecule has 0 aliphatic rings. The number of hydrogen-bond acceptors (Lipinski definition) is 5. The number of aromatic nitrogens is 1. The van der Waals surface area contributed by atoms with Gasteiger partial charge in [-0.05, 0) is 30.3 Å². The van der Waals surface area contributed by atoms with E-state index in [-0.39, 0.29) is 11.7 Å². The van der Waals surface area contributed by atoms with Crippen LogP contribution in [0.1, 0.15) is 5.56 Å². The van der Waals surface area contributed by atoms with Crippen molar-refractivity contribution in [1.29, 1.82) is 5.26 Å². The van der Waals surface area contributed by atoms with Gasteiger partial charge in [0, 0.05) is 5.02 Å². The van der Waals surface area contributed by atoms with Crippen LogP contribution in [0.4, 0.5) is 5.69 Å². The number of rotatable bonds is 4. The molecule has 1 heterocycles. The fourth-order valence-corrected chi connectivity index (χ4v) is 3.98. The fourth-order valence-electron chi connectivity index (χ4n) is 1.94. The van der Waals surface area contributed by atoms with Gasteiger partial charge < -0.3 is 5.32 Å². The zero-order valence-electron chi connectivity index (χ0n) is 11.7. The number of amides is 1. The number of anilines is 1. The van der Waals surface area contributed by atoms with Crippen LogP contribution < -0.4 is 5.32 Å². The van der Waals surface area contributed by atoms with Gasteiger partial charge in [0.1, 0.15) is 6.07 Å². The molecule has 2 aromatic carbocycles. The molecule has 4 nitrogen and oxygen atoms in total. The first kappa shape index (κ1) is 15.8. The van der Waals surface area contributed by atoms with Crippen molar-refractivity contribution in [2.45, 2.75) is 4.34 Å². The van der Waals surface area contributed by atoms with Gasteiger partial charge in [-0.25, -0.2) is 4.98 Å². The Kier molecular flexibility index (Phi) is 4.82. The summed E-state index contributed by atoms with van der Waals surface area (Å²) in [6, 6.07) is 14.6. The molecule has 1 amide bonds. The smallest absolute Gasteiger partial charge is 0.234 e. The third-order valence-electron chi connectivity index (χ3n) is 2.98. The second-order valence-electron chi connectivity index (χ2n) is 4.59. The second kappa shape index (κ2) is 7.01. The number of benzene rings is 2. The summed E-state index contributed by atoms with van der Waals surface area (Å²) in [7, 11) is 0. The van der Waals surface area contributed by atoms with Crippen molar-refractivity contribution in [2.75, 3.05) is 11.1 Å². The molecule has 0 aliphatic heterocycles. The highest BCUT2D eigenvalue weighted by atomic mass is 35.5. The van der Waals surface area contributed by atoms with Crippen LogP contribution in [0.5, 0.6) is 0 Å². The van der Waals surface area contributed by atoms with Gasteiger partial charge in [-0.3, -0.25) is 4.79 Å². The van der Waals surface area contributed by atoms with Gasteiger partial charge in [-0.2, -0.15) is 5.26 Å².